The minimum atomic E-state index is -3.83. The van der Waals surface area contributed by atoms with Crippen LogP contribution in [0.5, 0.6) is 0 Å². The molecule has 1 aliphatic rings. The van der Waals surface area contributed by atoms with Crippen LogP contribution in [0.15, 0.2) is 53.4 Å². The Labute approximate surface area is 183 Å². The molecule has 8 nitrogen and oxygen atoms in total. The molecule has 0 bridgehead atoms. The lowest BCUT2D eigenvalue weighted by Crippen LogP contribution is -2.38. The monoisotopic (exact) mass is 459 g/mol. The van der Waals surface area contributed by atoms with E-state index in [2.05, 4.69) is 4.98 Å². The molecule has 4 rings (SSSR count). The number of carbonyl (C=O) groups excluding carboxylic acids is 2. The van der Waals surface area contributed by atoms with E-state index in [1.807, 2.05) is 6.92 Å². The second-order valence-corrected chi connectivity index (χ2v) is 9.22. The summed E-state index contributed by atoms with van der Waals surface area (Å²) in [6, 6.07) is 12.3. The SMILES string of the molecule is CC1Cc2cc(S(N)(=O)=O)ccc2N1C(=O)COC(=O)c1ccc2nc(Cl)ccc2c1. The second-order valence-electron chi connectivity index (χ2n) is 7.27. The van der Waals surface area contributed by atoms with E-state index in [0.717, 1.165) is 5.39 Å². The fourth-order valence-corrected chi connectivity index (χ4v) is 4.39. The van der Waals surface area contributed by atoms with Crippen molar-refractivity contribution in [2.75, 3.05) is 11.5 Å². The smallest absolute Gasteiger partial charge is 0.338 e. The summed E-state index contributed by atoms with van der Waals surface area (Å²) in [6.07, 6.45) is 0.471. The third kappa shape index (κ3) is 4.25. The zero-order valence-electron chi connectivity index (χ0n) is 16.4. The normalized spacial score (nSPS) is 15.7. The maximum atomic E-state index is 12.8. The Bertz CT molecular complexity index is 1330. The van der Waals surface area contributed by atoms with Gasteiger partial charge in [0.15, 0.2) is 6.61 Å². The Hall–Kier alpha value is -3.01. The molecule has 1 amide bonds. The predicted octanol–water partition coefficient (Wildman–Crippen LogP) is 2.67. The number of pyridine rings is 1. The number of esters is 1. The van der Waals surface area contributed by atoms with Crippen molar-refractivity contribution < 1.29 is 22.7 Å². The average molecular weight is 460 g/mol. The summed E-state index contributed by atoms with van der Waals surface area (Å²) in [6.45, 7) is 1.38. The largest absolute Gasteiger partial charge is 0.452 e. The van der Waals surface area contributed by atoms with Crippen LogP contribution in [0.4, 0.5) is 5.69 Å². The molecule has 10 heteroatoms. The van der Waals surface area contributed by atoms with E-state index in [1.165, 1.54) is 17.0 Å². The number of nitrogens with zero attached hydrogens (tertiary/aromatic N) is 2. The number of hydrogen-bond donors (Lipinski definition) is 1. The van der Waals surface area contributed by atoms with Gasteiger partial charge in [-0.3, -0.25) is 4.79 Å². The standard InChI is InChI=1S/C21H18ClN3O5S/c1-12-8-15-10-16(31(23,28)29)4-6-18(15)25(12)20(26)11-30-21(27)14-2-5-17-13(9-14)3-7-19(22)24-17/h2-7,9-10,12H,8,11H2,1H3,(H2,23,28,29). The summed E-state index contributed by atoms with van der Waals surface area (Å²) in [5, 5.41) is 6.25. The molecule has 1 atom stereocenters. The lowest BCUT2D eigenvalue weighted by Gasteiger charge is -2.22. The van der Waals surface area contributed by atoms with Crippen molar-refractivity contribution in [1.29, 1.82) is 0 Å². The molecule has 160 valence electrons. The Balaban J connectivity index is 1.48. The molecule has 2 aromatic carbocycles. The van der Waals surface area contributed by atoms with Gasteiger partial charge in [0.05, 0.1) is 16.0 Å². The molecule has 0 fully saturated rings. The van der Waals surface area contributed by atoms with Gasteiger partial charge in [-0.25, -0.2) is 23.3 Å². The molecule has 0 spiro atoms. The van der Waals surface area contributed by atoms with Crippen LogP contribution in [0.2, 0.25) is 5.15 Å². The molecular weight excluding hydrogens is 442 g/mol. The summed E-state index contributed by atoms with van der Waals surface area (Å²) in [5.74, 6) is -1.04. The third-order valence-electron chi connectivity index (χ3n) is 5.08. The zero-order valence-corrected chi connectivity index (χ0v) is 18.0. The minimum absolute atomic E-state index is 0.00809. The van der Waals surface area contributed by atoms with Crippen molar-refractivity contribution in [3.8, 4) is 0 Å². The van der Waals surface area contributed by atoms with E-state index in [-0.39, 0.29) is 16.5 Å². The fraction of sp³-hybridized carbons (Fsp3) is 0.190. The number of halogens is 1. The first-order valence-electron chi connectivity index (χ1n) is 9.35. The Morgan fingerprint density at radius 2 is 1.97 bits per heavy atom. The number of ether oxygens (including phenoxy) is 1. The van der Waals surface area contributed by atoms with Crippen LogP contribution in [0, 0.1) is 0 Å². The molecule has 1 aliphatic heterocycles. The predicted molar refractivity (Wildman–Crippen MR) is 116 cm³/mol. The van der Waals surface area contributed by atoms with Crippen LogP contribution in [0.1, 0.15) is 22.8 Å². The van der Waals surface area contributed by atoms with Crippen LogP contribution in [-0.4, -0.2) is 37.9 Å². The molecule has 0 radical (unpaired) electrons. The van der Waals surface area contributed by atoms with Crippen molar-refractivity contribution in [2.24, 2.45) is 5.14 Å². The lowest BCUT2D eigenvalue weighted by molar-refractivity contribution is -0.122. The van der Waals surface area contributed by atoms with Crippen LogP contribution >= 0.6 is 11.6 Å². The van der Waals surface area contributed by atoms with Crippen LogP contribution in [-0.2, 0) is 26.0 Å². The van der Waals surface area contributed by atoms with E-state index < -0.39 is 28.5 Å². The Morgan fingerprint density at radius 3 is 2.71 bits per heavy atom. The molecule has 2 N–H and O–H groups in total. The van der Waals surface area contributed by atoms with Crippen LogP contribution in [0.25, 0.3) is 10.9 Å². The van der Waals surface area contributed by atoms with Gasteiger partial charge in [-0.15, -0.1) is 0 Å². The second kappa shape index (κ2) is 7.92. The maximum Gasteiger partial charge on any atom is 0.338 e. The average Bonchev–Trinajstić information content (AvgIpc) is 3.05. The molecule has 0 saturated heterocycles. The van der Waals surface area contributed by atoms with E-state index in [9.17, 15) is 18.0 Å². The highest BCUT2D eigenvalue weighted by atomic mass is 35.5. The van der Waals surface area contributed by atoms with Gasteiger partial charge < -0.3 is 9.64 Å². The zero-order chi connectivity index (χ0) is 22.3. The number of nitrogens with two attached hydrogens (primary N) is 1. The highest BCUT2D eigenvalue weighted by molar-refractivity contribution is 7.89. The number of amides is 1. The number of anilines is 1. The maximum absolute atomic E-state index is 12.8. The number of carbonyl (C=O) groups is 2. The van der Waals surface area contributed by atoms with Gasteiger partial charge in [-0.2, -0.15) is 0 Å². The Morgan fingerprint density at radius 1 is 1.19 bits per heavy atom. The van der Waals surface area contributed by atoms with Crippen molar-refractivity contribution in [3.63, 3.8) is 0 Å². The Kier molecular flexibility index (Phi) is 5.42. The van der Waals surface area contributed by atoms with Gasteiger partial charge in [0.1, 0.15) is 5.15 Å². The number of sulfonamides is 1. The van der Waals surface area contributed by atoms with Gasteiger partial charge >= 0.3 is 5.97 Å². The molecule has 2 heterocycles. The first kappa shape index (κ1) is 21.2. The molecule has 3 aromatic rings. The van der Waals surface area contributed by atoms with Crippen LogP contribution in [0.3, 0.4) is 0 Å². The van der Waals surface area contributed by atoms with Crippen molar-refractivity contribution in [1.82, 2.24) is 4.98 Å². The molecule has 1 unspecified atom stereocenters. The van der Waals surface area contributed by atoms with Gasteiger partial charge in [0.2, 0.25) is 10.0 Å². The van der Waals surface area contributed by atoms with Gasteiger partial charge in [-0.05, 0) is 67.4 Å². The number of fused-ring (bicyclic) bond motifs is 2. The quantitative estimate of drug-likeness (QED) is 0.473. The molecule has 1 aromatic heterocycles. The molecule has 31 heavy (non-hydrogen) atoms. The van der Waals surface area contributed by atoms with Crippen molar-refractivity contribution in [2.45, 2.75) is 24.3 Å². The molecule has 0 saturated carbocycles. The first-order valence-corrected chi connectivity index (χ1v) is 11.3. The summed E-state index contributed by atoms with van der Waals surface area (Å²) >= 11 is 5.87. The van der Waals surface area contributed by atoms with Gasteiger partial charge in [-0.1, -0.05) is 11.6 Å². The minimum Gasteiger partial charge on any atom is -0.452 e. The van der Waals surface area contributed by atoms with E-state index in [4.69, 9.17) is 21.5 Å². The molecular formula is C21H18ClN3O5S. The van der Waals surface area contributed by atoms with Gasteiger partial charge in [0, 0.05) is 17.1 Å². The summed E-state index contributed by atoms with van der Waals surface area (Å²) in [5.41, 5.74) is 2.20. The lowest BCUT2D eigenvalue weighted by atomic mass is 10.1. The van der Waals surface area contributed by atoms with Crippen LogP contribution < -0.4 is 10.0 Å². The summed E-state index contributed by atoms with van der Waals surface area (Å²) in [4.78, 5) is 30.9. The van der Waals surface area contributed by atoms with Crippen molar-refractivity contribution >= 4 is 50.1 Å². The number of hydrogen-bond acceptors (Lipinski definition) is 6. The number of aromatic nitrogens is 1. The van der Waals surface area contributed by atoms with E-state index >= 15 is 0 Å². The summed E-state index contributed by atoms with van der Waals surface area (Å²) < 4.78 is 28.4. The third-order valence-corrected chi connectivity index (χ3v) is 6.20. The number of rotatable bonds is 4. The summed E-state index contributed by atoms with van der Waals surface area (Å²) in [7, 11) is -3.83. The topological polar surface area (TPSA) is 120 Å². The first-order chi connectivity index (χ1) is 14.6. The van der Waals surface area contributed by atoms with Crippen molar-refractivity contribution in [3.05, 3.63) is 64.8 Å². The fourth-order valence-electron chi connectivity index (χ4n) is 3.67. The number of benzene rings is 2. The van der Waals surface area contributed by atoms with Gasteiger partial charge in [0.25, 0.3) is 5.91 Å². The highest BCUT2D eigenvalue weighted by Gasteiger charge is 2.32. The van der Waals surface area contributed by atoms with E-state index in [0.29, 0.717) is 28.3 Å². The highest BCUT2D eigenvalue weighted by Crippen LogP contribution is 2.33. The molecule has 0 aliphatic carbocycles. The number of primary sulfonamides is 1. The van der Waals surface area contributed by atoms with E-state index in [1.54, 1.807) is 36.4 Å².